The molecular formula is C21H28N4OS. The Morgan fingerprint density at radius 2 is 1.81 bits per heavy atom. The number of nitrogens with zero attached hydrogens (tertiary/aromatic N) is 3. The number of benzene rings is 1. The van der Waals surface area contributed by atoms with E-state index in [-0.39, 0.29) is 6.03 Å². The second-order valence-electron chi connectivity index (χ2n) is 7.56. The molecule has 2 heterocycles. The molecule has 1 N–H and O–H groups in total. The predicted molar refractivity (Wildman–Crippen MR) is 110 cm³/mol. The van der Waals surface area contributed by atoms with E-state index in [4.69, 9.17) is 4.98 Å². The quantitative estimate of drug-likeness (QED) is 0.868. The van der Waals surface area contributed by atoms with Crippen LogP contribution in [0.4, 0.5) is 4.79 Å². The Morgan fingerprint density at radius 3 is 2.56 bits per heavy atom. The standard InChI is InChI=1S/C21H28N4OS/c26-21(23-18-9-5-2-6-10-18)25-13-11-24(12-14-25)15-19-16-27-20(22-19)17-7-3-1-4-8-17/h1,3-4,7-8,16,18H,2,5-6,9-15H2,(H,23,26). The lowest BCUT2D eigenvalue weighted by molar-refractivity contribution is 0.131. The summed E-state index contributed by atoms with van der Waals surface area (Å²) in [5.74, 6) is 0. The van der Waals surface area contributed by atoms with Crippen molar-refractivity contribution < 1.29 is 4.79 Å². The molecule has 0 bridgehead atoms. The number of urea groups is 1. The van der Waals surface area contributed by atoms with Crippen LogP contribution in [0.1, 0.15) is 37.8 Å². The average molecular weight is 385 g/mol. The highest BCUT2D eigenvalue weighted by Crippen LogP contribution is 2.24. The molecule has 2 fully saturated rings. The zero-order valence-corrected chi connectivity index (χ0v) is 16.6. The molecular weight excluding hydrogens is 356 g/mol. The van der Waals surface area contributed by atoms with Gasteiger partial charge in [0.1, 0.15) is 5.01 Å². The van der Waals surface area contributed by atoms with Crippen LogP contribution in [0, 0.1) is 0 Å². The molecule has 2 amide bonds. The van der Waals surface area contributed by atoms with E-state index in [0.717, 1.165) is 56.3 Å². The van der Waals surface area contributed by atoms with Gasteiger partial charge in [0.2, 0.25) is 0 Å². The van der Waals surface area contributed by atoms with Gasteiger partial charge in [0.15, 0.2) is 0 Å². The minimum absolute atomic E-state index is 0.126. The number of hydrogen-bond donors (Lipinski definition) is 1. The van der Waals surface area contributed by atoms with Crippen LogP contribution in [0.5, 0.6) is 0 Å². The van der Waals surface area contributed by atoms with E-state index in [1.54, 1.807) is 11.3 Å². The number of thiazole rings is 1. The molecule has 4 rings (SSSR count). The van der Waals surface area contributed by atoms with Gasteiger partial charge in [-0.2, -0.15) is 0 Å². The van der Waals surface area contributed by atoms with Crippen molar-refractivity contribution >= 4 is 17.4 Å². The van der Waals surface area contributed by atoms with E-state index in [1.165, 1.54) is 24.8 Å². The summed E-state index contributed by atoms with van der Waals surface area (Å²) in [5.41, 5.74) is 2.30. The molecule has 1 aromatic carbocycles. The number of aromatic nitrogens is 1. The van der Waals surface area contributed by atoms with E-state index < -0.39 is 0 Å². The number of rotatable bonds is 4. The Bertz CT molecular complexity index is 734. The Balaban J connectivity index is 1.25. The van der Waals surface area contributed by atoms with Gasteiger partial charge in [-0.15, -0.1) is 11.3 Å². The second-order valence-corrected chi connectivity index (χ2v) is 8.42. The fourth-order valence-corrected chi connectivity index (χ4v) is 4.76. The SMILES string of the molecule is O=C(NC1CCCCC1)N1CCN(Cc2csc(-c3ccccc3)n2)CC1. The van der Waals surface area contributed by atoms with Crippen molar-refractivity contribution in [1.29, 1.82) is 0 Å². The molecule has 27 heavy (non-hydrogen) atoms. The van der Waals surface area contributed by atoms with Crippen LogP contribution in [0.15, 0.2) is 35.7 Å². The largest absolute Gasteiger partial charge is 0.335 e. The van der Waals surface area contributed by atoms with Gasteiger partial charge >= 0.3 is 6.03 Å². The Hall–Kier alpha value is -1.92. The summed E-state index contributed by atoms with van der Waals surface area (Å²) in [6.07, 6.45) is 6.08. The Labute approximate surface area is 165 Å². The third-order valence-electron chi connectivity index (χ3n) is 5.55. The summed E-state index contributed by atoms with van der Waals surface area (Å²) < 4.78 is 0. The summed E-state index contributed by atoms with van der Waals surface area (Å²) in [4.78, 5) is 21.6. The van der Waals surface area contributed by atoms with Crippen molar-refractivity contribution in [2.45, 2.75) is 44.7 Å². The number of piperazine rings is 1. The van der Waals surface area contributed by atoms with Gasteiger partial charge in [0.05, 0.1) is 5.69 Å². The second kappa shape index (κ2) is 8.85. The normalized spacial score (nSPS) is 19.2. The van der Waals surface area contributed by atoms with E-state index in [0.29, 0.717) is 6.04 Å². The van der Waals surface area contributed by atoms with Gasteiger partial charge in [-0.1, -0.05) is 49.6 Å². The van der Waals surface area contributed by atoms with Crippen LogP contribution in [0.25, 0.3) is 10.6 Å². The first kappa shape index (κ1) is 18.4. The summed E-state index contributed by atoms with van der Waals surface area (Å²) in [6, 6.07) is 10.8. The highest BCUT2D eigenvalue weighted by Gasteiger charge is 2.24. The van der Waals surface area contributed by atoms with Crippen molar-refractivity contribution in [2.75, 3.05) is 26.2 Å². The number of amides is 2. The summed E-state index contributed by atoms with van der Waals surface area (Å²) in [5, 5.41) is 6.47. The van der Waals surface area contributed by atoms with Gasteiger partial charge in [0.25, 0.3) is 0 Å². The lowest BCUT2D eigenvalue weighted by atomic mass is 9.96. The van der Waals surface area contributed by atoms with Crippen LogP contribution < -0.4 is 5.32 Å². The first-order valence-electron chi connectivity index (χ1n) is 10.1. The van der Waals surface area contributed by atoms with Crippen molar-refractivity contribution in [3.8, 4) is 10.6 Å². The van der Waals surface area contributed by atoms with Gasteiger partial charge < -0.3 is 10.2 Å². The van der Waals surface area contributed by atoms with Crippen LogP contribution >= 0.6 is 11.3 Å². The molecule has 0 spiro atoms. The number of carbonyl (C=O) groups excluding carboxylic acids is 1. The molecule has 1 saturated carbocycles. The molecule has 1 aliphatic heterocycles. The molecule has 2 aromatic rings. The monoisotopic (exact) mass is 384 g/mol. The molecule has 1 saturated heterocycles. The molecule has 144 valence electrons. The number of carbonyl (C=O) groups is 1. The van der Waals surface area contributed by atoms with Crippen molar-refractivity contribution in [2.24, 2.45) is 0 Å². The molecule has 1 aliphatic carbocycles. The first-order valence-corrected chi connectivity index (χ1v) is 10.9. The van der Waals surface area contributed by atoms with Crippen LogP contribution in [0.3, 0.4) is 0 Å². The maximum Gasteiger partial charge on any atom is 0.317 e. The van der Waals surface area contributed by atoms with Crippen molar-refractivity contribution in [1.82, 2.24) is 20.1 Å². The van der Waals surface area contributed by atoms with E-state index in [9.17, 15) is 4.79 Å². The third kappa shape index (κ3) is 4.87. The van der Waals surface area contributed by atoms with Gasteiger partial charge in [-0.25, -0.2) is 9.78 Å². The minimum Gasteiger partial charge on any atom is -0.335 e. The number of nitrogens with one attached hydrogen (secondary N) is 1. The van der Waals surface area contributed by atoms with Gasteiger partial charge in [0, 0.05) is 49.7 Å². The Morgan fingerprint density at radius 1 is 1.07 bits per heavy atom. The molecule has 6 heteroatoms. The predicted octanol–water partition coefficient (Wildman–Crippen LogP) is 3.97. The van der Waals surface area contributed by atoms with Crippen molar-refractivity contribution in [3.05, 3.63) is 41.4 Å². The first-order chi connectivity index (χ1) is 13.3. The average Bonchev–Trinajstić information content (AvgIpc) is 3.18. The highest BCUT2D eigenvalue weighted by atomic mass is 32.1. The zero-order valence-electron chi connectivity index (χ0n) is 15.8. The minimum atomic E-state index is 0.126. The van der Waals surface area contributed by atoms with Crippen LogP contribution in [0.2, 0.25) is 0 Å². The molecule has 0 unspecified atom stereocenters. The molecule has 0 radical (unpaired) electrons. The maximum atomic E-state index is 12.5. The van der Waals surface area contributed by atoms with Crippen LogP contribution in [-0.2, 0) is 6.54 Å². The molecule has 5 nitrogen and oxygen atoms in total. The maximum absolute atomic E-state index is 12.5. The fraction of sp³-hybridized carbons (Fsp3) is 0.524. The fourth-order valence-electron chi connectivity index (χ4n) is 3.94. The van der Waals surface area contributed by atoms with E-state index >= 15 is 0 Å². The highest BCUT2D eigenvalue weighted by molar-refractivity contribution is 7.13. The molecule has 1 aromatic heterocycles. The lowest BCUT2D eigenvalue weighted by Gasteiger charge is -2.35. The summed E-state index contributed by atoms with van der Waals surface area (Å²) in [6.45, 7) is 4.29. The molecule has 0 atom stereocenters. The third-order valence-corrected chi connectivity index (χ3v) is 6.49. The van der Waals surface area contributed by atoms with E-state index in [2.05, 4.69) is 27.7 Å². The van der Waals surface area contributed by atoms with E-state index in [1.807, 2.05) is 23.1 Å². The zero-order chi connectivity index (χ0) is 18.5. The number of hydrogen-bond acceptors (Lipinski definition) is 4. The Kier molecular flexibility index (Phi) is 6.04. The lowest BCUT2D eigenvalue weighted by Crippen LogP contribution is -2.53. The van der Waals surface area contributed by atoms with Crippen LogP contribution in [-0.4, -0.2) is 53.0 Å². The topological polar surface area (TPSA) is 48.5 Å². The van der Waals surface area contributed by atoms with Gasteiger partial charge in [-0.3, -0.25) is 4.90 Å². The van der Waals surface area contributed by atoms with Gasteiger partial charge in [-0.05, 0) is 12.8 Å². The smallest absolute Gasteiger partial charge is 0.317 e. The summed E-state index contributed by atoms with van der Waals surface area (Å²) in [7, 11) is 0. The van der Waals surface area contributed by atoms with Crippen molar-refractivity contribution in [3.63, 3.8) is 0 Å². The molecule has 2 aliphatic rings. The summed E-state index contributed by atoms with van der Waals surface area (Å²) >= 11 is 1.70.